The molecular formula is C18H20BrNO2. The second-order valence-corrected chi connectivity index (χ2v) is 6.34. The molecule has 0 radical (unpaired) electrons. The highest BCUT2D eigenvalue weighted by Gasteiger charge is 2.22. The van der Waals surface area contributed by atoms with E-state index in [1.54, 1.807) is 0 Å². The van der Waals surface area contributed by atoms with Gasteiger partial charge in [-0.15, -0.1) is 0 Å². The molecule has 0 saturated heterocycles. The first kappa shape index (κ1) is 16.7. The highest BCUT2D eigenvalue weighted by Crippen LogP contribution is 2.20. The van der Waals surface area contributed by atoms with Gasteiger partial charge in [0.05, 0.1) is 18.1 Å². The zero-order chi connectivity index (χ0) is 16.1. The Kier molecular flexibility index (Phi) is 5.75. The summed E-state index contributed by atoms with van der Waals surface area (Å²) in [5.41, 5.74) is 1.74. The number of nitrogens with one attached hydrogen (secondary N) is 1. The van der Waals surface area contributed by atoms with Crippen molar-refractivity contribution >= 4 is 21.8 Å². The maximum atomic E-state index is 12.3. The van der Waals surface area contributed by atoms with Gasteiger partial charge in [-0.2, -0.15) is 0 Å². The molecule has 0 aliphatic carbocycles. The summed E-state index contributed by atoms with van der Waals surface area (Å²) >= 11 is 3.38. The molecule has 1 amide bonds. The van der Waals surface area contributed by atoms with Gasteiger partial charge >= 0.3 is 0 Å². The molecule has 22 heavy (non-hydrogen) atoms. The first-order chi connectivity index (χ1) is 10.5. The Hall–Kier alpha value is -1.65. The fourth-order valence-electron chi connectivity index (χ4n) is 2.27. The van der Waals surface area contributed by atoms with Gasteiger partial charge in [0.25, 0.3) is 0 Å². The zero-order valence-corrected chi connectivity index (χ0v) is 14.2. The normalized spacial score (nSPS) is 14.9. The van der Waals surface area contributed by atoms with Gasteiger partial charge in [0, 0.05) is 4.47 Å². The van der Waals surface area contributed by atoms with Gasteiger partial charge < -0.3 is 10.4 Å². The first-order valence-corrected chi connectivity index (χ1v) is 8.07. The molecule has 0 heterocycles. The lowest BCUT2D eigenvalue weighted by Gasteiger charge is -2.22. The van der Waals surface area contributed by atoms with E-state index in [4.69, 9.17) is 0 Å². The van der Waals surface area contributed by atoms with Crippen molar-refractivity contribution in [2.24, 2.45) is 0 Å². The lowest BCUT2D eigenvalue weighted by molar-refractivity contribution is -0.123. The molecule has 2 aromatic rings. The number of hydrogen-bond donors (Lipinski definition) is 2. The van der Waals surface area contributed by atoms with Crippen molar-refractivity contribution in [3.8, 4) is 0 Å². The zero-order valence-electron chi connectivity index (χ0n) is 12.7. The van der Waals surface area contributed by atoms with Crippen LogP contribution in [0.15, 0.2) is 59.1 Å². The number of rotatable bonds is 5. The van der Waals surface area contributed by atoms with Gasteiger partial charge in [-0.1, -0.05) is 58.4 Å². The summed E-state index contributed by atoms with van der Waals surface area (Å²) in [5.74, 6) is -0.358. The maximum absolute atomic E-state index is 12.3. The Labute approximate surface area is 139 Å². The van der Waals surface area contributed by atoms with Crippen LogP contribution in [0, 0.1) is 0 Å². The molecule has 3 nitrogen and oxygen atoms in total. The molecule has 3 unspecified atom stereocenters. The van der Waals surface area contributed by atoms with E-state index in [0.717, 1.165) is 15.6 Å². The molecule has 0 aliphatic rings. The van der Waals surface area contributed by atoms with Gasteiger partial charge in [-0.25, -0.2) is 0 Å². The van der Waals surface area contributed by atoms with E-state index in [0.29, 0.717) is 0 Å². The number of halogens is 1. The van der Waals surface area contributed by atoms with Crippen molar-refractivity contribution in [3.05, 3.63) is 70.2 Å². The molecule has 0 fully saturated rings. The Balaban J connectivity index is 2.00. The van der Waals surface area contributed by atoms with E-state index in [2.05, 4.69) is 21.2 Å². The van der Waals surface area contributed by atoms with E-state index >= 15 is 0 Å². The summed E-state index contributed by atoms with van der Waals surface area (Å²) in [6.07, 6.45) is -0.720. The van der Waals surface area contributed by atoms with Crippen LogP contribution in [0.4, 0.5) is 0 Å². The molecule has 0 spiro atoms. The largest absolute Gasteiger partial charge is 0.386 e. The van der Waals surface area contributed by atoms with Crippen molar-refractivity contribution in [2.75, 3.05) is 0 Å². The Morgan fingerprint density at radius 1 is 1.00 bits per heavy atom. The predicted molar refractivity (Wildman–Crippen MR) is 91.6 cm³/mol. The molecule has 4 heteroatoms. The maximum Gasteiger partial charge on any atom is 0.227 e. The average Bonchev–Trinajstić information content (AvgIpc) is 2.54. The third-order valence-corrected chi connectivity index (χ3v) is 4.28. The standard InChI is InChI=1S/C18H20BrNO2/c1-12(14-8-10-16(19)11-9-14)18(22)20-13(2)17(21)15-6-4-3-5-7-15/h3-13,17,21H,1-2H3,(H,20,22). The minimum absolute atomic E-state index is 0.0928. The molecule has 3 atom stereocenters. The molecule has 0 aliphatic heterocycles. The van der Waals surface area contributed by atoms with Crippen LogP contribution in [0.1, 0.15) is 37.0 Å². The fourth-order valence-corrected chi connectivity index (χ4v) is 2.53. The second kappa shape index (κ2) is 7.56. The summed E-state index contributed by atoms with van der Waals surface area (Å²) in [4.78, 5) is 12.3. The lowest BCUT2D eigenvalue weighted by atomic mass is 9.98. The van der Waals surface area contributed by atoms with Crippen LogP contribution in [-0.4, -0.2) is 17.1 Å². The third-order valence-electron chi connectivity index (χ3n) is 3.75. The van der Waals surface area contributed by atoms with Gasteiger partial charge in [-0.05, 0) is 37.1 Å². The van der Waals surface area contributed by atoms with Crippen molar-refractivity contribution in [1.82, 2.24) is 5.32 Å². The number of aliphatic hydroxyl groups excluding tert-OH is 1. The predicted octanol–water partition coefficient (Wildman–Crippen LogP) is 3.79. The molecular weight excluding hydrogens is 342 g/mol. The highest BCUT2D eigenvalue weighted by atomic mass is 79.9. The second-order valence-electron chi connectivity index (χ2n) is 5.43. The van der Waals surface area contributed by atoms with Crippen LogP contribution in [0.25, 0.3) is 0 Å². The summed E-state index contributed by atoms with van der Waals surface area (Å²) in [6, 6.07) is 16.7. The van der Waals surface area contributed by atoms with E-state index in [9.17, 15) is 9.90 Å². The molecule has 0 saturated carbocycles. The molecule has 0 aromatic heterocycles. The number of benzene rings is 2. The molecule has 2 aromatic carbocycles. The van der Waals surface area contributed by atoms with Crippen LogP contribution in [0.2, 0.25) is 0 Å². The molecule has 2 rings (SSSR count). The molecule has 0 bridgehead atoms. The van der Waals surface area contributed by atoms with Crippen LogP contribution in [-0.2, 0) is 4.79 Å². The Morgan fingerprint density at radius 3 is 2.18 bits per heavy atom. The minimum Gasteiger partial charge on any atom is -0.386 e. The summed E-state index contributed by atoms with van der Waals surface area (Å²) in [7, 11) is 0. The van der Waals surface area contributed by atoms with Crippen molar-refractivity contribution in [2.45, 2.75) is 31.9 Å². The van der Waals surface area contributed by atoms with E-state index in [1.165, 1.54) is 0 Å². The highest BCUT2D eigenvalue weighted by molar-refractivity contribution is 9.10. The average molecular weight is 362 g/mol. The van der Waals surface area contributed by atoms with Crippen LogP contribution >= 0.6 is 15.9 Å². The number of hydrogen-bond acceptors (Lipinski definition) is 2. The summed E-state index contributed by atoms with van der Waals surface area (Å²) < 4.78 is 0.983. The quantitative estimate of drug-likeness (QED) is 0.850. The van der Waals surface area contributed by atoms with Crippen LogP contribution < -0.4 is 5.32 Å². The van der Waals surface area contributed by atoms with E-state index < -0.39 is 6.10 Å². The monoisotopic (exact) mass is 361 g/mol. The number of amides is 1. The summed E-state index contributed by atoms with van der Waals surface area (Å²) in [6.45, 7) is 3.67. The van der Waals surface area contributed by atoms with Gasteiger partial charge in [0.15, 0.2) is 0 Å². The van der Waals surface area contributed by atoms with Gasteiger partial charge in [0.1, 0.15) is 0 Å². The molecule has 2 N–H and O–H groups in total. The van der Waals surface area contributed by atoms with E-state index in [-0.39, 0.29) is 17.9 Å². The van der Waals surface area contributed by atoms with Crippen molar-refractivity contribution < 1.29 is 9.90 Å². The number of carbonyl (C=O) groups excluding carboxylic acids is 1. The van der Waals surface area contributed by atoms with Crippen molar-refractivity contribution in [3.63, 3.8) is 0 Å². The first-order valence-electron chi connectivity index (χ1n) is 7.28. The van der Waals surface area contributed by atoms with Gasteiger partial charge in [0.2, 0.25) is 5.91 Å². The lowest BCUT2D eigenvalue weighted by Crippen LogP contribution is -2.39. The van der Waals surface area contributed by atoms with Crippen molar-refractivity contribution in [1.29, 1.82) is 0 Å². The smallest absolute Gasteiger partial charge is 0.227 e. The Morgan fingerprint density at radius 2 is 1.59 bits per heavy atom. The topological polar surface area (TPSA) is 49.3 Å². The third kappa shape index (κ3) is 4.18. The fraction of sp³-hybridized carbons (Fsp3) is 0.278. The SMILES string of the molecule is CC(C(=O)NC(C)C(O)c1ccccc1)c1ccc(Br)cc1. The number of aliphatic hydroxyl groups is 1. The van der Waals surface area contributed by atoms with Crippen LogP contribution in [0.5, 0.6) is 0 Å². The minimum atomic E-state index is -0.720. The molecule has 116 valence electrons. The Bertz CT molecular complexity index is 613. The number of carbonyl (C=O) groups is 1. The van der Waals surface area contributed by atoms with Gasteiger partial charge in [-0.3, -0.25) is 4.79 Å². The van der Waals surface area contributed by atoms with E-state index in [1.807, 2.05) is 68.4 Å². The summed E-state index contributed by atoms with van der Waals surface area (Å²) in [5, 5.41) is 13.2. The van der Waals surface area contributed by atoms with Crippen LogP contribution in [0.3, 0.4) is 0 Å².